The minimum Gasteiger partial charge on any atom is -0.368 e. The average molecular weight is 323 g/mol. The molecule has 0 aromatic heterocycles. The monoisotopic (exact) mass is 323 g/mol. The molecule has 0 bridgehead atoms. The molecular formula is C17H29N3O3. The molecule has 1 aliphatic carbocycles. The van der Waals surface area contributed by atoms with Gasteiger partial charge in [0.1, 0.15) is 11.6 Å². The van der Waals surface area contributed by atoms with Crippen molar-refractivity contribution < 1.29 is 14.3 Å². The van der Waals surface area contributed by atoms with Gasteiger partial charge in [-0.25, -0.2) is 0 Å². The van der Waals surface area contributed by atoms with E-state index in [-0.39, 0.29) is 23.5 Å². The third-order valence-electron chi connectivity index (χ3n) is 5.40. The van der Waals surface area contributed by atoms with Crippen molar-refractivity contribution >= 4 is 11.8 Å². The number of morpholine rings is 1. The molecule has 1 spiro atoms. The van der Waals surface area contributed by atoms with E-state index in [9.17, 15) is 9.59 Å². The lowest BCUT2D eigenvalue weighted by Gasteiger charge is -2.54. The average Bonchev–Trinajstić information content (AvgIpc) is 2.97. The van der Waals surface area contributed by atoms with Crippen LogP contribution in [0.2, 0.25) is 0 Å². The number of likely N-dealkylation sites (N-methyl/N-ethyl adjacent to an activating group) is 1. The molecule has 6 nitrogen and oxygen atoms in total. The minimum atomic E-state index is -0.262. The van der Waals surface area contributed by atoms with E-state index in [4.69, 9.17) is 4.74 Å². The quantitative estimate of drug-likeness (QED) is 0.830. The van der Waals surface area contributed by atoms with Crippen molar-refractivity contribution in [1.82, 2.24) is 15.1 Å². The molecule has 6 heteroatoms. The minimum absolute atomic E-state index is 0.0903. The second kappa shape index (κ2) is 6.77. The number of nitrogens with zero attached hydrogens (tertiary/aromatic N) is 2. The van der Waals surface area contributed by atoms with E-state index in [0.717, 1.165) is 19.3 Å². The molecule has 2 amide bonds. The summed E-state index contributed by atoms with van der Waals surface area (Å²) >= 11 is 0. The number of ether oxygens (including phenoxy) is 1. The van der Waals surface area contributed by atoms with Crippen LogP contribution in [0.25, 0.3) is 0 Å². The highest BCUT2D eigenvalue weighted by molar-refractivity contribution is 5.82. The van der Waals surface area contributed by atoms with E-state index in [1.165, 1.54) is 12.8 Å². The number of hydrogen-bond acceptors (Lipinski definition) is 4. The fraction of sp³-hybridized carbons (Fsp3) is 0.882. The Morgan fingerprint density at radius 1 is 1.22 bits per heavy atom. The lowest BCUT2D eigenvalue weighted by atomic mass is 9.90. The van der Waals surface area contributed by atoms with Crippen molar-refractivity contribution in [2.24, 2.45) is 0 Å². The summed E-state index contributed by atoms with van der Waals surface area (Å²) in [5.74, 6) is 0.304. The molecule has 0 unspecified atom stereocenters. The van der Waals surface area contributed by atoms with E-state index in [0.29, 0.717) is 38.7 Å². The van der Waals surface area contributed by atoms with Gasteiger partial charge in [0, 0.05) is 19.0 Å². The summed E-state index contributed by atoms with van der Waals surface area (Å²) in [5.41, 5.74) is -0.262. The second-order valence-electron chi connectivity index (χ2n) is 7.41. The van der Waals surface area contributed by atoms with Crippen molar-refractivity contribution in [3.63, 3.8) is 0 Å². The normalized spacial score (nSPS) is 27.9. The molecule has 3 rings (SSSR count). The number of hydrogen-bond donors (Lipinski definition) is 1. The summed E-state index contributed by atoms with van der Waals surface area (Å²) in [6.45, 7) is 4.47. The molecule has 23 heavy (non-hydrogen) atoms. The van der Waals surface area contributed by atoms with Gasteiger partial charge in [0.15, 0.2) is 0 Å². The first-order chi connectivity index (χ1) is 11.0. The molecular weight excluding hydrogens is 294 g/mol. The van der Waals surface area contributed by atoms with Crippen molar-refractivity contribution in [1.29, 1.82) is 0 Å². The highest BCUT2D eigenvalue weighted by Crippen LogP contribution is 2.31. The zero-order valence-corrected chi connectivity index (χ0v) is 14.3. The van der Waals surface area contributed by atoms with Gasteiger partial charge in [-0.15, -0.1) is 0 Å². The van der Waals surface area contributed by atoms with Gasteiger partial charge in [0.2, 0.25) is 11.8 Å². The van der Waals surface area contributed by atoms with E-state index in [1.54, 1.807) is 0 Å². The van der Waals surface area contributed by atoms with Crippen LogP contribution >= 0.6 is 0 Å². The van der Waals surface area contributed by atoms with Crippen molar-refractivity contribution in [2.75, 3.05) is 33.3 Å². The molecule has 3 fully saturated rings. The zero-order chi connectivity index (χ0) is 16.4. The van der Waals surface area contributed by atoms with Crippen LogP contribution in [0.1, 0.15) is 45.4 Å². The molecule has 2 aliphatic heterocycles. The zero-order valence-electron chi connectivity index (χ0n) is 14.3. The molecule has 130 valence electrons. The third-order valence-corrected chi connectivity index (χ3v) is 5.40. The first-order valence-corrected chi connectivity index (χ1v) is 8.95. The molecule has 2 saturated heterocycles. The smallest absolute Gasteiger partial charge is 0.239 e. The van der Waals surface area contributed by atoms with Gasteiger partial charge in [-0.2, -0.15) is 0 Å². The van der Waals surface area contributed by atoms with E-state index in [1.807, 2.05) is 18.9 Å². The molecule has 2 heterocycles. The molecule has 1 atom stereocenters. The van der Waals surface area contributed by atoms with Gasteiger partial charge >= 0.3 is 0 Å². The highest BCUT2D eigenvalue weighted by atomic mass is 16.5. The van der Waals surface area contributed by atoms with Crippen LogP contribution in [0.15, 0.2) is 0 Å². The van der Waals surface area contributed by atoms with Crippen LogP contribution in [-0.2, 0) is 14.3 Å². The summed E-state index contributed by atoms with van der Waals surface area (Å²) in [6.07, 6.45) is 6.12. The fourth-order valence-electron chi connectivity index (χ4n) is 4.03. The Morgan fingerprint density at radius 2 is 1.91 bits per heavy atom. The Morgan fingerprint density at radius 3 is 2.52 bits per heavy atom. The van der Waals surface area contributed by atoms with Crippen LogP contribution < -0.4 is 5.32 Å². The predicted molar refractivity (Wildman–Crippen MR) is 87.0 cm³/mol. The SMILES string of the molecule is CCCC(=O)N1CC2(C1)CN(C)[C@@H](C(=O)NC1CCCC1)CO2. The summed E-state index contributed by atoms with van der Waals surface area (Å²) in [5, 5.41) is 3.16. The number of likely N-dealkylation sites (tertiary alicyclic amines) is 1. The standard InChI is InChI=1S/C17H29N3O3/c1-3-6-15(21)20-11-17(12-20)10-19(2)14(9-23-17)16(22)18-13-7-4-5-8-13/h13-14H,3-12H2,1-2H3,(H,18,22)/t14-/m1/s1. The molecule has 3 aliphatic rings. The van der Waals surface area contributed by atoms with Gasteiger partial charge in [-0.3, -0.25) is 14.5 Å². The Bertz CT molecular complexity index is 456. The first kappa shape index (κ1) is 16.7. The fourth-order valence-corrected chi connectivity index (χ4v) is 4.03. The van der Waals surface area contributed by atoms with Gasteiger partial charge in [-0.1, -0.05) is 19.8 Å². The topological polar surface area (TPSA) is 61.9 Å². The van der Waals surface area contributed by atoms with Gasteiger partial charge < -0.3 is 15.0 Å². The predicted octanol–water partition coefficient (Wildman–Crippen LogP) is 0.757. The number of amides is 2. The molecule has 1 saturated carbocycles. The van der Waals surface area contributed by atoms with Crippen LogP contribution in [0.5, 0.6) is 0 Å². The number of carbonyl (C=O) groups excluding carboxylic acids is 2. The third kappa shape index (κ3) is 3.53. The molecule has 0 radical (unpaired) electrons. The highest BCUT2D eigenvalue weighted by Gasteiger charge is 2.51. The maximum atomic E-state index is 12.4. The summed E-state index contributed by atoms with van der Waals surface area (Å²) < 4.78 is 6.03. The second-order valence-corrected chi connectivity index (χ2v) is 7.41. The summed E-state index contributed by atoms with van der Waals surface area (Å²) in [4.78, 5) is 28.3. The van der Waals surface area contributed by atoms with Crippen LogP contribution in [-0.4, -0.2) is 72.6 Å². The maximum Gasteiger partial charge on any atom is 0.239 e. The molecule has 1 N–H and O–H groups in total. The first-order valence-electron chi connectivity index (χ1n) is 8.95. The number of carbonyl (C=O) groups is 2. The van der Waals surface area contributed by atoms with Gasteiger partial charge in [0.05, 0.1) is 19.7 Å². The van der Waals surface area contributed by atoms with Crippen LogP contribution in [0, 0.1) is 0 Å². The Kier molecular flexibility index (Phi) is 4.92. The summed E-state index contributed by atoms with van der Waals surface area (Å²) in [7, 11) is 1.99. The van der Waals surface area contributed by atoms with E-state index in [2.05, 4.69) is 10.2 Å². The largest absolute Gasteiger partial charge is 0.368 e. The number of nitrogens with one attached hydrogen (secondary N) is 1. The van der Waals surface area contributed by atoms with E-state index < -0.39 is 0 Å². The van der Waals surface area contributed by atoms with Crippen LogP contribution in [0.3, 0.4) is 0 Å². The summed E-state index contributed by atoms with van der Waals surface area (Å²) in [6, 6.07) is 0.138. The van der Waals surface area contributed by atoms with E-state index >= 15 is 0 Å². The molecule has 0 aromatic rings. The van der Waals surface area contributed by atoms with Gasteiger partial charge in [-0.05, 0) is 26.3 Å². The van der Waals surface area contributed by atoms with Crippen LogP contribution in [0.4, 0.5) is 0 Å². The van der Waals surface area contributed by atoms with Crippen molar-refractivity contribution in [3.05, 3.63) is 0 Å². The Balaban J connectivity index is 1.48. The molecule has 0 aromatic carbocycles. The number of rotatable bonds is 4. The van der Waals surface area contributed by atoms with Gasteiger partial charge in [0.25, 0.3) is 0 Å². The Hall–Kier alpha value is -1.14. The Labute approximate surface area is 138 Å². The maximum absolute atomic E-state index is 12.4. The lowest BCUT2D eigenvalue weighted by molar-refractivity contribution is -0.201. The van der Waals surface area contributed by atoms with Crippen molar-refractivity contribution in [2.45, 2.75) is 63.1 Å². The van der Waals surface area contributed by atoms with Crippen molar-refractivity contribution in [3.8, 4) is 0 Å². The lowest BCUT2D eigenvalue weighted by Crippen LogP contribution is -2.73.